The predicted octanol–water partition coefficient (Wildman–Crippen LogP) is 3.97. The van der Waals surface area contributed by atoms with Gasteiger partial charge in [0.1, 0.15) is 18.3 Å². The summed E-state index contributed by atoms with van der Waals surface area (Å²) in [5.41, 5.74) is 0.522. The van der Waals surface area contributed by atoms with Crippen LogP contribution in [0.15, 0.2) is 36.4 Å². The van der Waals surface area contributed by atoms with Gasteiger partial charge in [0.2, 0.25) is 21.8 Å². The number of anilines is 1. The lowest BCUT2D eigenvalue weighted by atomic mass is 10.1. The number of nitrogens with zero attached hydrogens (tertiary/aromatic N) is 2. The molecule has 2 amide bonds. The Bertz CT molecular complexity index is 1140. The Morgan fingerprint density at radius 1 is 1.12 bits per heavy atom. The fourth-order valence-electron chi connectivity index (χ4n) is 3.21. The highest BCUT2D eigenvalue weighted by Crippen LogP contribution is 2.33. The number of carbonyl (C=O) groups excluding carboxylic acids is 2. The van der Waals surface area contributed by atoms with Gasteiger partial charge in [-0.15, -0.1) is 0 Å². The van der Waals surface area contributed by atoms with Gasteiger partial charge in [0.15, 0.2) is 0 Å². The second-order valence-corrected chi connectivity index (χ2v) is 10.5. The zero-order valence-electron chi connectivity index (χ0n) is 19.1. The third kappa shape index (κ3) is 6.91. The number of rotatable bonds is 10. The number of sulfonamides is 1. The van der Waals surface area contributed by atoms with Crippen molar-refractivity contribution >= 4 is 62.3 Å². The van der Waals surface area contributed by atoms with Crippen molar-refractivity contribution in [2.45, 2.75) is 26.4 Å². The van der Waals surface area contributed by atoms with Gasteiger partial charge in [-0.2, -0.15) is 0 Å². The van der Waals surface area contributed by atoms with Crippen molar-refractivity contribution in [2.24, 2.45) is 0 Å². The topological polar surface area (TPSA) is 96.0 Å². The first-order chi connectivity index (χ1) is 15.9. The summed E-state index contributed by atoms with van der Waals surface area (Å²) >= 11 is 18.7. The summed E-state index contributed by atoms with van der Waals surface area (Å²) in [7, 11) is -2.57. The molecule has 0 saturated carbocycles. The first kappa shape index (κ1) is 28.0. The lowest BCUT2D eigenvalue weighted by Crippen LogP contribution is -2.51. The fraction of sp³-hybridized carbons (Fsp3) is 0.364. The maximum Gasteiger partial charge on any atom is 0.244 e. The van der Waals surface area contributed by atoms with E-state index in [1.807, 2.05) is 0 Å². The Kier molecular flexibility index (Phi) is 9.87. The van der Waals surface area contributed by atoms with Gasteiger partial charge in [0, 0.05) is 33.7 Å². The van der Waals surface area contributed by atoms with E-state index in [0.29, 0.717) is 22.2 Å². The predicted molar refractivity (Wildman–Crippen MR) is 135 cm³/mol. The normalized spacial score (nSPS) is 12.1. The number of hydrogen-bond donors (Lipinski definition) is 1. The highest BCUT2D eigenvalue weighted by molar-refractivity contribution is 7.92. The summed E-state index contributed by atoms with van der Waals surface area (Å²) < 4.78 is 31.5. The molecule has 0 spiro atoms. The maximum absolute atomic E-state index is 13.5. The Labute approximate surface area is 214 Å². The van der Waals surface area contributed by atoms with Gasteiger partial charge in [-0.3, -0.25) is 13.9 Å². The van der Waals surface area contributed by atoms with E-state index < -0.39 is 34.4 Å². The Hall–Kier alpha value is -2.20. The number of carbonyl (C=O) groups is 2. The number of halogens is 3. The average Bonchev–Trinajstić information content (AvgIpc) is 2.76. The average molecular weight is 551 g/mol. The first-order valence-corrected chi connectivity index (χ1v) is 13.2. The number of hydrogen-bond acceptors (Lipinski definition) is 5. The largest absolute Gasteiger partial charge is 0.495 e. The molecule has 0 aromatic heterocycles. The summed E-state index contributed by atoms with van der Waals surface area (Å²) in [5.74, 6) is -0.854. The number of methoxy groups -OCH3 is 1. The standard InChI is InChI=1S/C22H26Cl3N3O5S/c1-5-26-22(30)14(2)27(12-16-17(24)7-6-8-18(16)25)21(29)13-28(34(4,31)32)19-11-15(23)9-10-20(19)33-3/h6-11,14H,5,12-13H2,1-4H3,(H,26,30)/t14-/m0/s1. The van der Waals surface area contributed by atoms with Crippen LogP contribution in [0, 0.1) is 0 Å². The Morgan fingerprint density at radius 3 is 2.26 bits per heavy atom. The Balaban J connectivity index is 2.52. The van der Waals surface area contributed by atoms with E-state index in [9.17, 15) is 18.0 Å². The molecule has 2 aromatic rings. The van der Waals surface area contributed by atoms with Crippen LogP contribution in [0.2, 0.25) is 15.1 Å². The van der Waals surface area contributed by atoms with E-state index in [1.54, 1.807) is 32.0 Å². The SMILES string of the molecule is CCNC(=O)[C@H](C)N(Cc1c(Cl)cccc1Cl)C(=O)CN(c1cc(Cl)ccc1OC)S(C)(=O)=O. The molecule has 12 heteroatoms. The van der Waals surface area contributed by atoms with Crippen LogP contribution in [0.1, 0.15) is 19.4 Å². The molecular weight excluding hydrogens is 525 g/mol. The van der Waals surface area contributed by atoms with Gasteiger partial charge in [0.05, 0.1) is 19.1 Å². The minimum Gasteiger partial charge on any atom is -0.495 e. The van der Waals surface area contributed by atoms with Gasteiger partial charge < -0.3 is 15.0 Å². The third-order valence-corrected chi connectivity index (χ3v) is 7.07. The van der Waals surface area contributed by atoms with Crippen molar-refractivity contribution in [1.82, 2.24) is 10.2 Å². The second-order valence-electron chi connectivity index (χ2n) is 7.38. The molecule has 2 rings (SSSR count). The summed E-state index contributed by atoms with van der Waals surface area (Å²) in [6.45, 7) is 2.92. The van der Waals surface area contributed by atoms with Crippen molar-refractivity contribution in [1.29, 1.82) is 0 Å². The number of nitrogens with one attached hydrogen (secondary N) is 1. The maximum atomic E-state index is 13.5. The molecule has 34 heavy (non-hydrogen) atoms. The molecule has 1 atom stereocenters. The van der Waals surface area contributed by atoms with Gasteiger partial charge >= 0.3 is 0 Å². The van der Waals surface area contributed by atoms with Crippen molar-refractivity contribution in [3.63, 3.8) is 0 Å². The van der Waals surface area contributed by atoms with Crippen LogP contribution in [-0.4, -0.2) is 57.6 Å². The van der Waals surface area contributed by atoms with Crippen LogP contribution in [0.3, 0.4) is 0 Å². The van der Waals surface area contributed by atoms with Gasteiger partial charge in [0.25, 0.3) is 0 Å². The van der Waals surface area contributed by atoms with Gasteiger partial charge in [-0.1, -0.05) is 40.9 Å². The molecule has 0 bridgehead atoms. The van der Waals surface area contributed by atoms with Crippen LogP contribution in [0.4, 0.5) is 5.69 Å². The van der Waals surface area contributed by atoms with Crippen LogP contribution < -0.4 is 14.4 Å². The molecule has 0 aliphatic carbocycles. The molecular formula is C22H26Cl3N3O5S. The van der Waals surface area contributed by atoms with E-state index in [4.69, 9.17) is 39.5 Å². The van der Waals surface area contributed by atoms with E-state index in [2.05, 4.69) is 5.32 Å². The zero-order chi connectivity index (χ0) is 25.6. The molecule has 186 valence electrons. The number of benzene rings is 2. The molecule has 0 heterocycles. The van der Waals surface area contributed by atoms with Crippen molar-refractivity contribution in [3.05, 3.63) is 57.0 Å². The van der Waals surface area contributed by atoms with Crippen LogP contribution in [0.5, 0.6) is 5.75 Å². The minimum atomic E-state index is -3.95. The number of ether oxygens (including phenoxy) is 1. The lowest BCUT2D eigenvalue weighted by molar-refractivity contribution is -0.139. The van der Waals surface area contributed by atoms with E-state index >= 15 is 0 Å². The highest BCUT2D eigenvalue weighted by Gasteiger charge is 2.31. The fourth-order valence-corrected chi connectivity index (χ4v) is 4.74. The summed E-state index contributed by atoms with van der Waals surface area (Å²) in [6, 6.07) is 8.36. The molecule has 0 aliphatic rings. The first-order valence-electron chi connectivity index (χ1n) is 10.2. The van der Waals surface area contributed by atoms with Crippen molar-refractivity contribution < 1.29 is 22.7 Å². The molecule has 0 radical (unpaired) electrons. The molecule has 0 unspecified atom stereocenters. The van der Waals surface area contributed by atoms with E-state index in [0.717, 1.165) is 10.6 Å². The van der Waals surface area contributed by atoms with Crippen LogP contribution in [0.25, 0.3) is 0 Å². The minimum absolute atomic E-state index is 0.0900. The molecule has 1 N–H and O–H groups in total. The van der Waals surface area contributed by atoms with Crippen molar-refractivity contribution in [2.75, 3.05) is 30.8 Å². The molecule has 2 aromatic carbocycles. The lowest BCUT2D eigenvalue weighted by Gasteiger charge is -2.32. The smallest absolute Gasteiger partial charge is 0.244 e. The van der Waals surface area contributed by atoms with Crippen LogP contribution >= 0.6 is 34.8 Å². The Morgan fingerprint density at radius 2 is 1.74 bits per heavy atom. The zero-order valence-corrected chi connectivity index (χ0v) is 22.2. The second kappa shape index (κ2) is 12.0. The number of amides is 2. The van der Waals surface area contributed by atoms with E-state index in [1.165, 1.54) is 30.2 Å². The molecule has 0 fully saturated rings. The summed E-state index contributed by atoms with van der Waals surface area (Å²) in [5, 5.41) is 3.55. The molecule has 8 nitrogen and oxygen atoms in total. The van der Waals surface area contributed by atoms with Crippen molar-refractivity contribution in [3.8, 4) is 5.75 Å². The van der Waals surface area contributed by atoms with Gasteiger partial charge in [-0.25, -0.2) is 8.42 Å². The number of likely N-dealkylation sites (N-methyl/N-ethyl adjacent to an activating group) is 1. The summed E-state index contributed by atoms with van der Waals surface area (Å²) in [6.07, 6.45) is 0.961. The molecule has 0 aliphatic heterocycles. The highest BCUT2D eigenvalue weighted by atomic mass is 35.5. The van der Waals surface area contributed by atoms with Gasteiger partial charge in [-0.05, 0) is 44.2 Å². The van der Waals surface area contributed by atoms with Crippen LogP contribution in [-0.2, 0) is 26.2 Å². The quantitative estimate of drug-likeness (QED) is 0.483. The van der Waals surface area contributed by atoms with E-state index in [-0.39, 0.29) is 23.0 Å². The third-order valence-electron chi connectivity index (χ3n) is 5.00. The monoisotopic (exact) mass is 549 g/mol. The summed E-state index contributed by atoms with van der Waals surface area (Å²) in [4.78, 5) is 27.4. The molecule has 0 saturated heterocycles.